The van der Waals surface area contributed by atoms with Gasteiger partial charge >= 0.3 is 6.09 Å². The van der Waals surface area contributed by atoms with Gasteiger partial charge in [-0.2, -0.15) is 5.06 Å². The molecule has 1 unspecified atom stereocenters. The fraction of sp³-hybridized carbons (Fsp3) is 0.667. The molecular formula is C30H49N3O4. The third kappa shape index (κ3) is 10.1. The van der Waals surface area contributed by atoms with Crippen LogP contribution in [0.1, 0.15) is 87.1 Å². The van der Waals surface area contributed by atoms with Crippen LogP contribution in [-0.2, 0) is 16.0 Å². The van der Waals surface area contributed by atoms with Crippen molar-refractivity contribution in [3.05, 3.63) is 48.0 Å². The van der Waals surface area contributed by atoms with E-state index in [1.54, 1.807) is 0 Å². The normalized spacial score (nSPS) is 20.0. The third-order valence-electron chi connectivity index (χ3n) is 6.62. The molecule has 1 saturated heterocycles. The minimum Gasteiger partial charge on any atom is -0.444 e. The second-order valence-electron chi connectivity index (χ2n) is 13.1. The Balaban J connectivity index is 2.24. The summed E-state index contributed by atoms with van der Waals surface area (Å²) in [6.45, 7) is 17.7. The maximum atomic E-state index is 13.6. The number of carbonyl (C=O) groups excluding carboxylic acids is 2. The van der Waals surface area contributed by atoms with Crippen molar-refractivity contribution in [2.24, 2.45) is 11.8 Å². The number of benzene rings is 1. The van der Waals surface area contributed by atoms with Gasteiger partial charge in [0.15, 0.2) is 0 Å². The lowest BCUT2D eigenvalue weighted by Gasteiger charge is -2.51. The smallest absolute Gasteiger partial charge is 0.408 e. The van der Waals surface area contributed by atoms with E-state index in [1.165, 1.54) is 5.06 Å². The van der Waals surface area contributed by atoms with Crippen LogP contribution in [-0.4, -0.2) is 51.0 Å². The number of hydrogen-bond acceptors (Lipinski definition) is 5. The van der Waals surface area contributed by atoms with Crippen LogP contribution >= 0.6 is 0 Å². The Morgan fingerprint density at radius 1 is 1.08 bits per heavy atom. The monoisotopic (exact) mass is 515 g/mol. The van der Waals surface area contributed by atoms with Crippen LogP contribution in [0.15, 0.2) is 42.5 Å². The first-order chi connectivity index (χ1) is 17.0. The van der Waals surface area contributed by atoms with Gasteiger partial charge < -0.3 is 20.6 Å². The average Bonchev–Trinajstić information content (AvgIpc) is 2.73. The fourth-order valence-electron chi connectivity index (χ4n) is 5.22. The van der Waals surface area contributed by atoms with Gasteiger partial charge in [0, 0.05) is 17.1 Å². The highest BCUT2D eigenvalue weighted by molar-refractivity contribution is 5.81. The van der Waals surface area contributed by atoms with Crippen LogP contribution in [0.2, 0.25) is 0 Å². The lowest BCUT2D eigenvalue weighted by molar-refractivity contribution is -0.246. The average molecular weight is 516 g/mol. The molecule has 0 spiro atoms. The first-order valence-corrected chi connectivity index (χ1v) is 13.5. The van der Waals surface area contributed by atoms with Crippen molar-refractivity contribution in [1.29, 1.82) is 0 Å². The Kier molecular flexibility index (Phi) is 10.4. The zero-order valence-electron chi connectivity index (χ0n) is 24.3. The molecule has 0 radical (unpaired) electrons. The van der Waals surface area contributed by atoms with E-state index < -0.39 is 28.7 Å². The van der Waals surface area contributed by atoms with Crippen molar-refractivity contribution in [2.45, 2.75) is 117 Å². The summed E-state index contributed by atoms with van der Waals surface area (Å²) in [5.74, 6) is -0.112. The molecule has 1 aliphatic rings. The number of carbonyl (C=O) groups is 2. The van der Waals surface area contributed by atoms with Crippen molar-refractivity contribution in [3.63, 3.8) is 0 Å². The maximum Gasteiger partial charge on any atom is 0.408 e. The number of hydrogen-bond donors (Lipinski definition) is 3. The first-order valence-electron chi connectivity index (χ1n) is 13.5. The van der Waals surface area contributed by atoms with Crippen molar-refractivity contribution in [1.82, 2.24) is 15.7 Å². The Labute approximate surface area is 224 Å². The Bertz CT molecular complexity index is 901. The van der Waals surface area contributed by atoms with Crippen LogP contribution in [0, 0.1) is 11.8 Å². The second kappa shape index (κ2) is 12.4. The van der Waals surface area contributed by atoms with Crippen molar-refractivity contribution >= 4 is 12.0 Å². The number of ether oxygens (including phenoxy) is 1. The Hall–Kier alpha value is -2.38. The highest BCUT2D eigenvalue weighted by atomic mass is 16.6. The Morgan fingerprint density at radius 2 is 1.65 bits per heavy atom. The topological polar surface area (TPSA) is 90.9 Å². The molecule has 0 saturated carbocycles. The predicted molar refractivity (Wildman–Crippen MR) is 148 cm³/mol. The van der Waals surface area contributed by atoms with Gasteiger partial charge in [0.05, 0.1) is 12.0 Å². The predicted octanol–water partition coefficient (Wildman–Crippen LogP) is 5.87. The van der Waals surface area contributed by atoms with Crippen LogP contribution < -0.4 is 10.6 Å². The van der Waals surface area contributed by atoms with E-state index in [1.807, 2.05) is 91.0 Å². The zero-order chi connectivity index (χ0) is 28.0. The summed E-state index contributed by atoms with van der Waals surface area (Å²) in [6, 6.07) is 9.65. The zero-order valence-corrected chi connectivity index (χ0v) is 24.3. The van der Waals surface area contributed by atoms with E-state index in [0.29, 0.717) is 25.2 Å². The van der Waals surface area contributed by atoms with E-state index in [0.717, 1.165) is 12.0 Å². The van der Waals surface area contributed by atoms with Crippen molar-refractivity contribution in [3.8, 4) is 0 Å². The molecule has 208 valence electrons. The molecule has 2 rings (SSSR count). The van der Waals surface area contributed by atoms with Gasteiger partial charge in [-0.05, 0) is 85.6 Å². The van der Waals surface area contributed by atoms with Gasteiger partial charge in [-0.3, -0.25) is 4.79 Å². The van der Waals surface area contributed by atoms with E-state index in [-0.39, 0.29) is 18.0 Å². The molecule has 37 heavy (non-hydrogen) atoms. The standard InChI is InChI=1S/C30H49N3O4/c1-21(2)17-24(32-27(35)37-28(3,4)5)16-15-23(18-22-13-11-10-12-14-22)26(34)31-25-19-29(6,7)33(36)30(8,9)20-25/h10-16,21,23-25,36H,17-20H2,1-9H3,(H,31,34)(H,32,35)/b16-15+/t23?,24-/m1/s1. The molecule has 7 nitrogen and oxygen atoms in total. The van der Waals surface area contributed by atoms with E-state index >= 15 is 0 Å². The highest BCUT2D eigenvalue weighted by Crippen LogP contribution is 2.36. The Morgan fingerprint density at radius 3 is 2.16 bits per heavy atom. The molecule has 1 fully saturated rings. The van der Waals surface area contributed by atoms with Crippen LogP contribution in [0.4, 0.5) is 4.79 Å². The minimum atomic E-state index is -0.586. The third-order valence-corrected chi connectivity index (χ3v) is 6.62. The van der Waals surface area contributed by atoms with Gasteiger partial charge in [0.25, 0.3) is 0 Å². The molecule has 3 N–H and O–H groups in total. The number of nitrogens with one attached hydrogen (secondary N) is 2. The molecule has 0 aliphatic carbocycles. The number of alkyl carbamates (subject to hydrolysis) is 1. The molecule has 1 aromatic carbocycles. The number of hydroxylamine groups is 2. The van der Waals surface area contributed by atoms with Gasteiger partial charge in [-0.15, -0.1) is 0 Å². The summed E-state index contributed by atoms with van der Waals surface area (Å²) in [4.78, 5) is 26.1. The van der Waals surface area contributed by atoms with Crippen LogP contribution in [0.25, 0.3) is 0 Å². The summed E-state index contributed by atoms with van der Waals surface area (Å²) in [5.41, 5.74) is -0.426. The van der Waals surface area contributed by atoms with E-state index in [9.17, 15) is 14.8 Å². The summed E-state index contributed by atoms with van der Waals surface area (Å²) in [6.07, 6.45) is 5.97. The largest absolute Gasteiger partial charge is 0.444 e. The van der Waals surface area contributed by atoms with E-state index in [4.69, 9.17) is 4.74 Å². The molecule has 2 atom stereocenters. The van der Waals surface area contributed by atoms with Gasteiger partial charge in [0.1, 0.15) is 5.60 Å². The molecule has 2 amide bonds. The van der Waals surface area contributed by atoms with Gasteiger partial charge in [0.2, 0.25) is 5.91 Å². The molecule has 1 aromatic rings. The first kappa shape index (κ1) is 30.8. The lowest BCUT2D eigenvalue weighted by atomic mass is 9.78. The number of nitrogens with zero attached hydrogens (tertiary/aromatic N) is 1. The summed E-state index contributed by atoms with van der Waals surface area (Å²) >= 11 is 0. The molecular weight excluding hydrogens is 466 g/mol. The van der Waals surface area contributed by atoms with Gasteiger partial charge in [-0.1, -0.05) is 56.3 Å². The summed E-state index contributed by atoms with van der Waals surface area (Å²) in [7, 11) is 0. The molecule has 1 aliphatic heterocycles. The molecule has 1 heterocycles. The van der Waals surface area contributed by atoms with Crippen LogP contribution in [0.3, 0.4) is 0 Å². The van der Waals surface area contributed by atoms with Crippen molar-refractivity contribution in [2.75, 3.05) is 0 Å². The fourth-order valence-corrected chi connectivity index (χ4v) is 5.22. The number of piperidine rings is 1. The minimum absolute atomic E-state index is 0.0522. The van der Waals surface area contributed by atoms with Crippen LogP contribution in [0.5, 0.6) is 0 Å². The lowest BCUT2D eigenvalue weighted by Crippen LogP contribution is -2.63. The number of rotatable bonds is 9. The van der Waals surface area contributed by atoms with E-state index in [2.05, 4.69) is 24.5 Å². The maximum absolute atomic E-state index is 13.6. The van der Waals surface area contributed by atoms with Crippen molar-refractivity contribution < 1.29 is 19.5 Å². The quantitative estimate of drug-likeness (QED) is 0.358. The molecule has 0 aromatic heterocycles. The molecule has 0 bridgehead atoms. The molecule has 7 heteroatoms. The summed E-state index contributed by atoms with van der Waals surface area (Å²) in [5, 5.41) is 18.3. The summed E-state index contributed by atoms with van der Waals surface area (Å²) < 4.78 is 5.46. The van der Waals surface area contributed by atoms with Gasteiger partial charge in [-0.25, -0.2) is 4.79 Å². The number of amides is 2. The second-order valence-corrected chi connectivity index (χ2v) is 13.1. The SMILES string of the molecule is CC(C)C[C@@H](/C=C/C(Cc1ccccc1)C(=O)NC1CC(C)(C)N(O)C(C)(C)C1)NC(=O)OC(C)(C)C. The highest BCUT2D eigenvalue weighted by Gasteiger charge is 2.45.